The predicted molar refractivity (Wildman–Crippen MR) is 284 cm³/mol. The molecule has 0 spiro atoms. The first-order valence-corrected chi connectivity index (χ1v) is 23.6. The molecule has 13 aromatic rings. The van der Waals surface area contributed by atoms with E-state index in [-0.39, 0.29) is 0 Å². The molecule has 0 saturated carbocycles. The van der Waals surface area contributed by atoms with E-state index in [9.17, 15) is 0 Å². The Morgan fingerprint density at radius 2 is 0.899 bits per heavy atom. The molecule has 0 bridgehead atoms. The van der Waals surface area contributed by atoms with Crippen LogP contribution in [-0.2, 0) is 6.42 Å². The lowest BCUT2D eigenvalue weighted by molar-refractivity contribution is 0.952. The summed E-state index contributed by atoms with van der Waals surface area (Å²) >= 11 is 0. The van der Waals surface area contributed by atoms with Crippen LogP contribution in [-0.4, -0.2) is 24.1 Å². The van der Waals surface area contributed by atoms with Gasteiger partial charge in [0.2, 0.25) is 5.95 Å². The molecule has 14 rings (SSSR count). The lowest BCUT2D eigenvalue weighted by atomic mass is 9.94. The maximum atomic E-state index is 5.54. The van der Waals surface area contributed by atoms with Crippen molar-refractivity contribution in [2.75, 3.05) is 0 Å². The van der Waals surface area contributed by atoms with Gasteiger partial charge in [0.25, 0.3) is 0 Å². The minimum absolute atomic E-state index is 0.569. The van der Waals surface area contributed by atoms with E-state index in [1.165, 1.54) is 55.3 Å². The highest BCUT2D eigenvalue weighted by atomic mass is 15.2. The van der Waals surface area contributed by atoms with Gasteiger partial charge >= 0.3 is 0 Å². The van der Waals surface area contributed by atoms with Gasteiger partial charge in [0.1, 0.15) is 0 Å². The van der Waals surface area contributed by atoms with Crippen molar-refractivity contribution in [1.29, 1.82) is 0 Å². The molecule has 1 aliphatic rings. The second kappa shape index (κ2) is 15.7. The second-order valence-electron chi connectivity index (χ2n) is 17.9. The van der Waals surface area contributed by atoms with Crippen molar-refractivity contribution in [1.82, 2.24) is 24.1 Å². The zero-order chi connectivity index (χ0) is 45.4. The van der Waals surface area contributed by atoms with Crippen LogP contribution in [0.15, 0.2) is 237 Å². The summed E-state index contributed by atoms with van der Waals surface area (Å²) in [4.78, 5) is 16.4. The van der Waals surface area contributed by atoms with Crippen molar-refractivity contribution < 1.29 is 0 Å². The molecule has 5 nitrogen and oxygen atoms in total. The summed E-state index contributed by atoms with van der Waals surface area (Å²) in [7, 11) is 0. The van der Waals surface area contributed by atoms with Crippen LogP contribution in [0.5, 0.6) is 0 Å². The smallest absolute Gasteiger partial charge is 0.238 e. The molecule has 322 valence electrons. The average Bonchev–Trinajstić information content (AvgIpc) is 4.10. The van der Waals surface area contributed by atoms with Crippen molar-refractivity contribution in [3.05, 3.63) is 248 Å². The van der Waals surface area contributed by atoms with E-state index in [0.717, 1.165) is 67.2 Å². The van der Waals surface area contributed by atoms with Crippen molar-refractivity contribution in [2.45, 2.75) is 6.42 Å². The van der Waals surface area contributed by atoms with Crippen LogP contribution in [0.4, 0.5) is 0 Å². The van der Waals surface area contributed by atoms with Crippen molar-refractivity contribution in [3.63, 3.8) is 0 Å². The van der Waals surface area contributed by atoms with Crippen molar-refractivity contribution in [3.8, 4) is 78.9 Å². The molecular formula is C64H41N5. The number of fused-ring (bicyclic) bond motifs is 10. The molecule has 0 amide bonds. The van der Waals surface area contributed by atoms with Crippen LogP contribution in [0.2, 0.25) is 0 Å². The van der Waals surface area contributed by atoms with Gasteiger partial charge < -0.3 is 4.57 Å². The Kier molecular flexibility index (Phi) is 8.89. The zero-order valence-corrected chi connectivity index (χ0v) is 37.5. The molecule has 0 atom stereocenters. The SMILES string of the molecule is c1ccc(-c2ccc(-c3nc(-c4cccc5c4Cc4cccc(-c6ccccc6)c4-5)nc(-n4c5ccccc5c5c4ccc4c6ccccc6n(-c6cccc(-c7ccccc7)c6)c45)n3)cc2)cc1. The standard InChI is InChI=1S/C64H41N5/c1-4-17-41(18-5-1)43-33-35-45(36-34-43)62-65-63(53-30-16-29-51-55(53)40-47-24-15-28-49(59(47)51)44-21-8-3-9-22-44)67-64(66-62)69-57-32-13-11-27-54(57)60-58(69)38-37-52-50-26-10-12-31-56(50)68(61(52)60)48-25-14-23-46(39-48)42-19-6-2-7-20-42/h1-39H,40H2. The normalized spacial score (nSPS) is 12.0. The molecule has 0 unspecified atom stereocenters. The fourth-order valence-corrected chi connectivity index (χ4v) is 10.9. The van der Waals surface area contributed by atoms with Gasteiger partial charge in [-0.05, 0) is 92.4 Å². The summed E-state index contributed by atoms with van der Waals surface area (Å²) in [6, 6.07) is 84.6. The summed E-state index contributed by atoms with van der Waals surface area (Å²) in [6.07, 6.45) is 0.785. The quantitative estimate of drug-likeness (QED) is 0.160. The van der Waals surface area contributed by atoms with Crippen molar-refractivity contribution in [2.24, 2.45) is 0 Å². The van der Waals surface area contributed by atoms with Crippen LogP contribution in [0, 0.1) is 0 Å². The van der Waals surface area contributed by atoms with E-state index < -0.39 is 0 Å². The molecule has 0 radical (unpaired) electrons. The van der Waals surface area contributed by atoms with Crippen molar-refractivity contribution >= 4 is 43.6 Å². The zero-order valence-electron chi connectivity index (χ0n) is 37.5. The van der Waals surface area contributed by atoms with Crippen LogP contribution in [0.25, 0.3) is 123 Å². The first-order valence-electron chi connectivity index (χ1n) is 23.6. The Labute approximate surface area is 398 Å². The molecule has 0 N–H and O–H groups in total. The average molecular weight is 880 g/mol. The Hall–Kier alpha value is -9.19. The summed E-state index contributed by atoms with van der Waals surface area (Å²) in [5.41, 5.74) is 19.5. The molecular weight excluding hydrogens is 839 g/mol. The highest BCUT2D eigenvalue weighted by molar-refractivity contribution is 6.26. The van der Waals surface area contributed by atoms with Gasteiger partial charge in [0.15, 0.2) is 11.6 Å². The number of hydrogen-bond acceptors (Lipinski definition) is 3. The minimum Gasteiger partial charge on any atom is -0.309 e. The Morgan fingerprint density at radius 1 is 0.333 bits per heavy atom. The number of nitrogens with zero attached hydrogens (tertiary/aromatic N) is 5. The number of benzene rings is 10. The van der Waals surface area contributed by atoms with Gasteiger partial charge in [0.05, 0.1) is 22.1 Å². The van der Waals surface area contributed by atoms with E-state index in [2.05, 4.69) is 246 Å². The summed E-state index contributed by atoms with van der Waals surface area (Å²) in [6.45, 7) is 0. The lowest BCUT2D eigenvalue weighted by Crippen LogP contribution is -2.07. The largest absolute Gasteiger partial charge is 0.309 e. The van der Waals surface area contributed by atoms with Crippen LogP contribution in [0.1, 0.15) is 11.1 Å². The fourth-order valence-electron chi connectivity index (χ4n) is 10.9. The molecule has 1 aliphatic carbocycles. The lowest BCUT2D eigenvalue weighted by Gasteiger charge is -2.14. The Bertz CT molecular complexity index is 4130. The van der Waals surface area contributed by atoms with E-state index >= 15 is 0 Å². The fraction of sp³-hybridized carbons (Fsp3) is 0.0156. The maximum absolute atomic E-state index is 5.54. The van der Waals surface area contributed by atoms with Gasteiger partial charge in [-0.15, -0.1) is 0 Å². The highest BCUT2D eigenvalue weighted by Gasteiger charge is 2.28. The molecule has 10 aromatic carbocycles. The van der Waals surface area contributed by atoms with E-state index in [0.29, 0.717) is 17.6 Å². The predicted octanol–water partition coefficient (Wildman–Crippen LogP) is 16.0. The Morgan fingerprint density at radius 3 is 1.67 bits per heavy atom. The monoisotopic (exact) mass is 879 g/mol. The third kappa shape index (κ3) is 6.28. The van der Waals surface area contributed by atoms with Crippen LogP contribution in [0.3, 0.4) is 0 Å². The highest BCUT2D eigenvalue weighted by Crippen LogP contribution is 2.47. The van der Waals surface area contributed by atoms with Crippen LogP contribution >= 0.6 is 0 Å². The van der Waals surface area contributed by atoms with E-state index in [1.807, 2.05) is 0 Å². The van der Waals surface area contributed by atoms with Gasteiger partial charge in [-0.1, -0.05) is 206 Å². The number of rotatable bonds is 7. The van der Waals surface area contributed by atoms with Gasteiger partial charge in [0, 0.05) is 38.4 Å². The van der Waals surface area contributed by atoms with E-state index in [1.54, 1.807) is 0 Å². The Balaban J connectivity index is 1.02. The molecule has 3 aromatic heterocycles. The number of hydrogen-bond donors (Lipinski definition) is 0. The second-order valence-corrected chi connectivity index (χ2v) is 17.9. The molecule has 3 heterocycles. The third-order valence-corrected chi connectivity index (χ3v) is 14.0. The number of para-hydroxylation sites is 2. The molecule has 69 heavy (non-hydrogen) atoms. The maximum Gasteiger partial charge on any atom is 0.238 e. The minimum atomic E-state index is 0.569. The molecule has 5 heteroatoms. The van der Waals surface area contributed by atoms with Gasteiger partial charge in [-0.25, -0.2) is 4.98 Å². The number of aromatic nitrogens is 5. The first kappa shape index (κ1) is 39.0. The molecule has 0 saturated heterocycles. The third-order valence-electron chi connectivity index (χ3n) is 14.0. The summed E-state index contributed by atoms with van der Waals surface area (Å²) in [5, 5.41) is 4.66. The van der Waals surface area contributed by atoms with Crippen LogP contribution < -0.4 is 0 Å². The van der Waals surface area contributed by atoms with Gasteiger partial charge in [-0.3, -0.25) is 4.57 Å². The topological polar surface area (TPSA) is 48.5 Å². The molecule has 0 aliphatic heterocycles. The summed E-state index contributed by atoms with van der Waals surface area (Å²) in [5.74, 6) is 1.83. The summed E-state index contributed by atoms with van der Waals surface area (Å²) < 4.78 is 4.70. The molecule has 0 fully saturated rings. The van der Waals surface area contributed by atoms with E-state index in [4.69, 9.17) is 15.0 Å². The first-order chi connectivity index (χ1) is 34.2. The van der Waals surface area contributed by atoms with Gasteiger partial charge in [-0.2, -0.15) is 9.97 Å².